The zero-order valence-corrected chi connectivity index (χ0v) is 9.04. The van der Waals surface area contributed by atoms with Crippen molar-refractivity contribution in [2.45, 2.75) is 25.3 Å². The molecule has 1 aromatic carbocycles. The second-order valence-corrected chi connectivity index (χ2v) is 4.08. The van der Waals surface area contributed by atoms with Gasteiger partial charge in [-0.2, -0.15) is 0 Å². The topological polar surface area (TPSA) is 38.3 Å². The number of benzene rings is 1. The van der Waals surface area contributed by atoms with Gasteiger partial charge in [0.25, 0.3) is 0 Å². The van der Waals surface area contributed by atoms with Crippen molar-refractivity contribution in [1.29, 1.82) is 0 Å². The van der Waals surface area contributed by atoms with Crippen LogP contribution in [0.2, 0.25) is 0 Å². The molecular weight excluding hydrogens is 190 g/mol. The lowest BCUT2D eigenvalue weighted by Crippen LogP contribution is -2.35. The van der Waals surface area contributed by atoms with E-state index in [-0.39, 0.29) is 11.4 Å². The highest BCUT2D eigenvalue weighted by atomic mass is 16.5. The molecule has 0 saturated carbocycles. The molecule has 1 unspecified atom stereocenters. The molecule has 15 heavy (non-hydrogen) atoms. The van der Waals surface area contributed by atoms with E-state index in [2.05, 4.69) is 5.32 Å². The standard InChI is InChI=1S/C12H15NO2/c1-12(8-7-11(14)13-12)9-5-3-4-6-10(9)15-2/h3-6H,7-8H2,1-2H3,(H,13,14). The zero-order chi connectivity index (χ0) is 10.9. The third-order valence-electron chi connectivity index (χ3n) is 2.97. The molecule has 1 atom stereocenters. The molecule has 2 rings (SSSR count). The lowest BCUT2D eigenvalue weighted by molar-refractivity contribution is -0.119. The van der Waals surface area contributed by atoms with Crippen molar-refractivity contribution in [3.63, 3.8) is 0 Å². The summed E-state index contributed by atoms with van der Waals surface area (Å²) in [6.07, 6.45) is 1.42. The first-order valence-electron chi connectivity index (χ1n) is 5.10. The number of carbonyl (C=O) groups is 1. The highest BCUT2D eigenvalue weighted by Crippen LogP contribution is 2.36. The minimum atomic E-state index is -0.274. The van der Waals surface area contributed by atoms with Crippen LogP contribution in [0.5, 0.6) is 5.75 Å². The Morgan fingerprint density at radius 3 is 2.73 bits per heavy atom. The van der Waals surface area contributed by atoms with Gasteiger partial charge in [-0.1, -0.05) is 18.2 Å². The van der Waals surface area contributed by atoms with E-state index in [1.54, 1.807) is 7.11 Å². The Hall–Kier alpha value is -1.51. The summed E-state index contributed by atoms with van der Waals surface area (Å²) in [6.45, 7) is 2.04. The van der Waals surface area contributed by atoms with Crippen LogP contribution in [-0.2, 0) is 10.3 Å². The van der Waals surface area contributed by atoms with Crippen molar-refractivity contribution in [3.8, 4) is 5.75 Å². The average molecular weight is 205 g/mol. The van der Waals surface area contributed by atoms with Crippen molar-refractivity contribution in [2.75, 3.05) is 7.11 Å². The summed E-state index contributed by atoms with van der Waals surface area (Å²) in [6, 6.07) is 7.82. The molecule has 1 aliphatic rings. The molecule has 0 radical (unpaired) electrons. The summed E-state index contributed by atoms with van der Waals surface area (Å²) in [5.74, 6) is 0.950. The highest BCUT2D eigenvalue weighted by molar-refractivity contribution is 5.80. The van der Waals surface area contributed by atoms with E-state index < -0.39 is 0 Å². The normalized spacial score (nSPS) is 25.1. The Labute approximate surface area is 89.4 Å². The smallest absolute Gasteiger partial charge is 0.220 e. The van der Waals surface area contributed by atoms with E-state index >= 15 is 0 Å². The van der Waals surface area contributed by atoms with Crippen LogP contribution in [0.3, 0.4) is 0 Å². The second kappa shape index (κ2) is 3.57. The van der Waals surface area contributed by atoms with E-state index in [0.29, 0.717) is 6.42 Å². The molecule has 0 bridgehead atoms. The van der Waals surface area contributed by atoms with Gasteiger partial charge in [-0.25, -0.2) is 0 Å². The monoisotopic (exact) mass is 205 g/mol. The third kappa shape index (κ3) is 1.69. The molecule has 0 aliphatic carbocycles. The first-order valence-corrected chi connectivity index (χ1v) is 5.10. The van der Waals surface area contributed by atoms with Gasteiger partial charge >= 0.3 is 0 Å². The van der Waals surface area contributed by atoms with Gasteiger partial charge in [-0.05, 0) is 19.4 Å². The van der Waals surface area contributed by atoms with E-state index in [0.717, 1.165) is 17.7 Å². The fourth-order valence-electron chi connectivity index (χ4n) is 2.10. The van der Waals surface area contributed by atoms with E-state index in [1.807, 2.05) is 31.2 Å². The predicted molar refractivity (Wildman–Crippen MR) is 57.7 cm³/mol. The van der Waals surface area contributed by atoms with Gasteiger partial charge in [0, 0.05) is 12.0 Å². The van der Waals surface area contributed by atoms with Crippen molar-refractivity contribution < 1.29 is 9.53 Å². The Morgan fingerprint density at radius 2 is 2.13 bits per heavy atom. The summed E-state index contributed by atoms with van der Waals surface area (Å²) in [5, 5.41) is 3.00. The van der Waals surface area contributed by atoms with Crippen LogP contribution in [-0.4, -0.2) is 13.0 Å². The molecular formula is C12H15NO2. The molecule has 1 saturated heterocycles. The molecule has 1 N–H and O–H groups in total. The van der Waals surface area contributed by atoms with Crippen LogP contribution < -0.4 is 10.1 Å². The number of hydrogen-bond donors (Lipinski definition) is 1. The first kappa shape index (κ1) is 10.0. The summed E-state index contributed by atoms with van der Waals surface area (Å²) >= 11 is 0. The summed E-state index contributed by atoms with van der Waals surface area (Å²) in [5.41, 5.74) is 0.780. The zero-order valence-electron chi connectivity index (χ0n) is 9.04. The Balaban J connectivity index is 2.40. The number of methoxy groups -OCH3 is 1. The number of amides is 1. The van der Waals surface area contributed by atoms with Gasteiger partial charge in [-0.3, -0.25) is 4.79 Å². The summed E-state index contributed by atoms with van der Waals surface area (Å²) in [7, 11) is 1.65. The Bertz CT molecular complexity index is 389. The van der Waals surface area contributed by atoms with Crippen LogP contribution in [0.15, 0.2) is 24.3 Å². The number of rotatable bonds is 2. The first-order chi connectivity index (χ1) is 7.15. The molecule has 80 valence electrons. The number of nitrogens with one attached hydrogen (secondary N) is 1. The number of carbonyl (C=O) groups excluding carboxylic acids is 1. The Morgan fingerprint density at radius 1 is 1.40 bits per heavy atom. The molecule has 1 amide bonds. The van der Waals surface area contributed by atoms with Crippen LogP contribution >= 0.6 is 0 Å². The fourth-order valence-corrected chi connectivity index (χ4v) is 2.10. The number of ether oxygens (including phenoxy) is 1. The quantitative estimate of drug-likeness (QED) is 0.799. The number of hydrogen-bond acceptors (Lipinski definition) is 2. The highest BCUT2D eigenvalue weighted by Gasteiger charge is 2.36. The van der Waals surface area contributed by atoms with Gasteiger partial charge in [0.15, 0.2) is 0 Å². The van der Waals surface area contributed by atoms with Crippen LogP contribution in [0.1, 0.15) is 25.3 Å². The predicted octanol–water partition coefficient (Wildman–Crippen LogP) is 1.82. The van der Waals surface area contributed by atoms with Gasteiger partial charge in [0.2, 0.25) is 5.91 Å². The van der Waals surface area contributed by atoms with Gasteiger partial charge in [0.1, 0.15) is 5.75 Å². The van der Waals surface area contributed by atoms with Gasteiger partial charge in [-0.15, -0.1) is 0 Å². The molecule has 1 aromatic rings. The minimum absolute atomic E-state index is 0.114. The summed E-state index contributed by atoms with van der Waals surface area (Å²) < 4.78 is 5.31. The van der Waals surface area contributed by atoms with Gasteiger partial charge < -0.3 is 10.1 Å². The second-order valence-electron chi connectivity index (χ2n) is 4.08. The van der Waals surface area contributed by atoms with Crippen molar-refractivity contribution in [2.24, 2.45) is 0 Å². The molecule has 1 heterocycles. The molecule has 1 aliphatic heterocycles. The lowest BCUT2D eigenvalue weighted by atomic mass is 9.90. The van der Waals surface area contributed by atoms with Crippen molar-refractivity contribution in [1.82, 2.24) is 5.32 Å². The average Bonchev–Trinajstić information content (AvgIpc) is 2.60. The van der Waals surface area contributed by atoms with Gasteiger partial charge in [0.05, 0.1) is 12.6 Å². The third-order valence-corrected chi connectivity index (χ3v) is 2.97. The van der Waals surface area contributed by atoms with E-state index in [9.17, 15) is 4.79 Å². The lowest BCUT2D eigenvalue weighted by Gasteiger charge is -2.26. The van der Waals surface area contributed by atoms with Crippen LogP contribution in [0.25, 0.3) is 0 Å². The maximum atomic E-state index is 11.3. The Kier molecular flexibility index (Phi) is 2.39. The van der Waals surface area contributed by atoms with Crippen LogP contribution in [0.4, 0.5) is 0 Å². The number of para-hydroxylation sites is 1. The largest absolute Gasteiger partial charge is 0.496 e. The molecule has 0 spiro atoms. The van der Waals surface area contributed by atoms with E-state index in [4.69, 9.17) is 4.74 Å². The maximum Gasteiger partial charge on any atom is 0.220 e. The molecule has 3 nitrogen and oxygen atoms in total. The molecule has 0 aromatic heterocycles. The minimum Gasteiger partial charge on any atom is -0.496 e. The van der Waals surface area contributed by atoms with E-state index in [1.165, 1.54) is 0 Å². The van der Waals surface area contributed by atoms with Crippen molar-refractivity contribution in [3.05, 3.63) is 29.8 Å². The molecule has 1 fully saturated rings. The fraction of sp³-hybridized carbons (Fsp3) is 0.417. The molecule has 3 heteroatoms. The SMILES string of the molecule is COc1ccccc1C1(C)CCC(=O)N1. The van der Waals surface area contributed by atoms with Crippen molar-refractivity contribution >= 4 is 5.91 Å². The maximum absolute atomic E-state index is 11.3. The summed E-state index contributed by atoms with van der Waals surface area (Å²) in [4.78, 5) is 11.3. The van der Waals surface area contributed by atoms with Crippen LogP contribution in [0, 0.1) is 0 Å².